The van der Waals surface area contributed by atoms with E-state index in [1.807, 2.05) is 62.4 Å². The van der Waals surface area contributed by atoms with Crippen molar-refractivity contribution in [2.24, 2.45) is 0 Å². The molecule has 6 rings (SSSR count). The Labute approximate surface area is 333 Å². The Bertz CT molecular complexity index is 2350. The van der Waals surface area contributed by atoms with Crippen LogP contribution in [0.15, 0.2) is 97.1 Å². The standard InChI is InChI=1S/C44H32Cl2N4O6/c1-27-29(23-53-43-17-41(31(21-51)15-39(43)45)55-25-35-11-5-9-33(19-47)49-35)7-3-13-37(27)38-14-4-8-30(28(38)2)24-54-44-18-42(32(22-52)16-40(44)46)56-26-36-12-6-10-34(20-48)50-36/h3-18,21-22H,23-26H2,1-2H3. The summed E-state index contributed by atoms with van der Waals surface area (Å²) in [5.74, 6) is 1.22. The van der Waals surface area contributed by atoms with E-state index in [0.717, 1.165) is 33.4 Å². The van der Waals surface area contributed by atoms with Gasteiger partial charge in [0.15, 0.2) is 12.6 Å². The van der Waals surface area contributed by atoms with Crippen molar-refractivity contribution in [2.45, 2.75) is 40.3 Å². The molecule has 10 nitrogen and oxygen atoms in total. The Morgan fingerprint density at radius 2 is 0.946 bits per heavy atom. The van der Waals surface area contributed by atoms with Gasteiger partial charge in [0.05, 0.1) is 32.6 Å². The van der Waals surface area contributed by atoms with Crippen molar-refractivity contribution in [3.63, 3.8) is 0 Å². The number of nitriles is 2. The summed E-state index contributed by atoms with van der Waals surface area (Å²) < 4.78 is 24.2. The number of rotatable bonds is 15. The topological polar surface area (TPSA) is 144 Å². The molecule has 278 valence electrons. The first-order chi connectivity index (χ1) is 27.2. The molecule has 0 amide bonds. The number of benzene rings is 4. The zero-order valence-electron chi connectivity index (χ0n) is 30.2. The fraction of sp³-hybridized carbons (Fsp3) is 0.136. The Morgan fingerprint density at radius 1 is 0.554 bits per heavy atom. The number of aldehydes is 2. The van der Waals surface area contributed by atoms with Gasteiger partial charge in [0.2, 0.25) is 0 Å². The van der Waals surface area contributed by atoms with Crippen LogP contribution in [0.4, 0.5) is 0 Å². The predicted molar refractivity (Wildman–Crippen MR) is 210 cm³/mol. The number of ether oxygens (including phenoxy) is 4. The molecule has 2 heterocycles. The highest BCUT2D eigenvalue weighted by atomic mass is 35.5. The van der Waals surface area contributed by atoms with E-state index < -0.39 is 0 Å². The predicted octanol–water partition coefficient (Wildman–Crippen LogP) is 9.75. The molecule has 4 aromatic carbocycles. The average Bonchev–Trinajstić information content (AvgIpc) is 3.22. The summed E-state index contributed by atoms with van der Waals surface area (Å²) >= 11 is 13.0. The Kier molecular flexibility index (Phi) is 12.6. The second-order valence-electron chi connectivity index (χ2n) is 12.5. The summed E-state index contributed by atoms with van der Waals surface area (Å²) in [6.07, 6.45) is 1.31. The largest absolute Gasteiger partial charge is 0.487 e. The lowest BCUT2D eigenvalue weighted by molar-refractivity contribution is 0.111. The monoisotopic (exact) mass is 782 g/mol. The van der Waals surface area contributed by atoms with Crippen molar-refractivity contribution in [3.8, 4) is 46.3 Å². The normalized spacial score (nSPS) is 10.5. The molecular formula is C44H32Cl2N4O6. The molecule has 0 bridgehead atoms. The average molecular weight is 784 g/mol. The number of nitrogens with zero attached hydrogens (tertiary/aromatic N) is 4. The molecule has 0 aliphatic rings. The van der Waals surface area contributed by atoms with E-state index in [9.17, 15) is 9.59 Å². The van der Waals surface area contributed by atoms with Crippen LogP contribution in [0.2, 0.25) is 10.0 Å². The van der Waals surface area contributed by atoms with E-state index in [1.54, 1.807) is 48.5 Å². The minimum atomic E-state index is 0.0370. The summed E-state index contributed by atoms with van der Waals surface area (Å²) in [6, 6.07) is 32.1. The summed E-state index contributed by atoms with van der Waals surface area (Å²) in [5.41, 5.74) is 7.93. The molecule has 0 unspecified atom stereocenters. The van der Waals surface area contributed by atoms with Crippen LogP contribution in [-0.4, -0.2) is 22.5 Å². The number of hydrogen-bond acceptors (Lipinski definition) is 10. The van der Waals surface area contributed by atoms with Gasteiger partial charge in [0.25, 0.3) is 0 Å². The van der Waals surface area contributed by atoms with Gasteiger partial charge in [-0.05, 0) is 83.6 Å². The minimum absolute atomic E-state index is 0.0370. The number of carbonyl (C=O) groups excluding carboxylic acids is 2. The van der Waals surface area contributed by atoms with Crippen LogP contribution < -0.4 is 18.9 Å². The third-order valence-electron chi connectivity index (χ3n) is 8.92. The van der Waals surface area contributed by atoms with Gasteiger partial charge in [-0.15, -0.1) is 0 Å². The van der Waals surface area contributed by atoms with Crippen LogP contribution in [0, 0.1) is 36.5 Å². The fourth-order valence-corrected chi connectivity index (χ4v) is 6.33. The van der Waals surface area contributed by atoms with Gasteiger partial charge in [-0.1, -0.05) is 71.7 Å². The molecule has 0 spiro atoms. The quantitative estimate of drug-likeness (QED) is 0.0923. The lowest BCUT2D eigenvalue weighted by Crippen LogP contribution is -2.04. The van der Waals surface area contributed by atoms with E-state index in [4.69, 9.17) is 52.7 Å². The maximum Gasteiger partial charge on any atom is 0.153 e. The molecule has 0 saturated carbocycles. The molecule has 6 aromatic rings. The second-order valence-corrected chi connectivity index (χ2v) is 13.3. The third-order valence-corrected chi connectivity index (χ3v) is 9.52. The number of aromatic nitrogens is 2. The van der Waals surface area contributed by atoms with Gasteiger partial charge in [0.1, 0.15) is 73.0 Å². The van der Waals surface area contributed by atoms with Gasteiger partial charge in [-0.2, -0.15) is 10.5 Å². The van der Waals surface area contributed by atoms with Crippen molar-refractivity contribution in [2.75, 3.05) is 0 Å². The summed E-state index contributed by atoms with van der Waals surface area (Å²) in [7, 11) is 0. The first kappa shape index (κ1) is 39.0. The molecule has 2 aromatic heterocycles. The van der Waals surface area contributed by atoms with E-state index in [1.165, 1.54) is 12.1 Å². The summed E-state index contributed by atoms with van der Waals surface area (Å²) in [5, 5.41) is 18.8. The van der Waals surface area contributed by atoms with Crippen LogP contribution >= 0.6 is 23.2 Å². The lowest BCUT2D eigenvalue weighted by Gasteiger charge is -2.18. The van der Waals surface area contributed by atoms with Gasteiger partial charge >= 0.3 is 0 Å². The van der Waals surface area contributed by atoms with Gasteiger partial charge in [-0.3, -0.25) is 9.59 Å². The van der Waals surface area contributed by atoms with Crippen molar-refractivity contribution in [1.29, 1.82) is 10.5 Å². The van der Waals surface area contributed by atoms with E-state index in [2.05, 4.69) is 9.97 Å². The SMILES string of the molecule is Cc1c(COc2cc(OCc3cccc(C#N)n3)c(C=O)cc2Cl)cccc1-c1cccc(COc2cc(OCc3cccc(C#N)n3)c(C=O)cc2Cl)c1C. The Balaban J connectivity index is 1.16. The minimum Gasteiger partial charge on any atom is -0.487 e. The zero-order chi connectivity index (χ0) is 39.6. The highest BCUT2D eigenvalue weighted by molar-refractivity contribution is 6.32. The fourth-order valence-electron chi connectivity index (χ4n) is 5.88. The van der Waals surface area contributed by atoms with Crippen molar-refractivity contribution in [3.05, 3.63) is 163 Å². The van der Waals surface area contributed by atoms with E-state index >= 15 is 0 Å². The molecule has 0 aliphatic heterocycles. The summed E-state index contributed by atoms with van der Waals surface area (Å²) in [4.78, 5) is 32.1. The van der Waals surface area contributed by atoms with Crippen LogP contribution in [0.25, 0.3) is 11.1 Å². The molecular weight excluding hydrogens is 751 g/mol. The van der Waals surface area contributed by atoms with Gasteiger partial charge < -0.3 is 18.9 Å². The molecule has 0 radical (unpaired) electrons. The number of hydrogen-bond donors (Lipinski definition) is 0. The maximum atomic E-state index is 11.8. The molecule has 0 aliphatic carbocycles. The first-order valence-electron chi connectivity index (χ1n) is 17.2. The first-order valence-corrected chi connectivity index (χ1v) is 17.9. The number of pyridine rings is 2. The van der Waals surface area contributed by atoms with Crippen LogP contribution in [0.5, 0.6) is 23.0 Å². The smallest absolute Gasteiger partial charge is 0.153 e. The molecule has 56 heavy (non-hydrogen) atoms. The van der Waals surface area contributed by atoms with Crippen LogP contribution in [0.1, 0.15) is 65.7 Å². The summed E-state index contributed by atoms with van der Waals surface area (Å²) in [6.45, 7) is 4.49. The van der Waals surface area contributed by atoms with Crippen molar-refractivity contribution in [1.82, 2.24) is 9.97 Å². The van der Waals surface area contributed by atoms with Crippen LogP contribution in [-0.2, 0) is 26.4 Å². The third kappa shape index (κ3) is 9.14. The van der Waals surface area contributed by atoms with Crippen molar-refractivity contribution < 1.29 is 28.5 Å². The van der Waals surface area contributed by atoms with E-state index in [-0.39, 0.29) is 70.5 Å². The lowest BCUT2D eigenvalue weighted by atomic mass is 9.92. The Hall–Kier alpha value is -6.72. The number of carbonyl (C=O) groups is 2. The zero-order valence-corrected chi connectivity index (χ0v) is 31.7. The highest BCUT2D eigenvalue weighted by Crippen LogP contribution is 2.36. The highest BCUT2D eigenvalue weighted by Gasteiger charge is 2.17. The molecule has 0 N–H and O–H groups in total. The van der Waals surface area contributed by atoms with Gasteiger partial charge in [-0.25, -0.2) is 9.97 Å². The Morgan fingerprint density at radius 3 is 1.34 bits per heavy atom. The van der Waals surface area contributed by atoms with E-state index in [0.29, 0.717) is 35.5 Å². The molecule has 0 fully saturated rings. The van der Waals surface area contributed by atoms with Gasteiger partial charge in [0, 0.05) is 12.1 Å². The molecule has 0 saturated heterocycles. The molecule has 0 atom stereocenters. The van der Waals surface area contributed by atoms with Crippen molar-refractivity contribution >= 4 is 35.8 Å². The number of halogens is 2. The molecule has 12 heteroatoms. The maximum absolute atomic E-state index is 11.8. The second kappa shape index (κ2) is 18.1. The van der Waals surface area contributed by atoms with Crippen LogP contribution in [0.3, 0.4) is 0 Å².